The third kappa shape index (κ3) is 5.42. The molecule has 0 aliphatic heterocycles. The molecule has 0 spiro atoms. The summed E-state index contributed by atoms with van der Waals surface area (Å²) in [5.74, 6) is 0.565. The quantitative estimate of drug-likeness (QED) is 0.660. The second kappa shape index (κ2) is 8.99. The zero-order valence-corrected chi connectivity index (χ0v) is 15.7. The van der Waals surface area contributed by atoms with Gasteiger partial charge in [0.2, 0.25) is 0 Å². The Morgan fingerprint density at radius 3 is 2.22 bits per heavy atom. The maximum atomic E-state index is 12.5. The van der Waals surface area contributed by atoms with Crippen LogP contribution in [0.4, 0.5) is 5.69 Å². The fourth-order valence-electron chi connectivity index (χ4n) is 2.77. The van der Waals surface area contributed by atoms with Crippen molar-refractivity contribution in [2.45, 2.75) is 32.8 Å². The molecule has 1 atom stereocenters. The van der Waals surface area contributed by atoms with Gasteiger partial charge >= 0.3 is 0 Å². The van der Waals surface area contributed by atoms with Crippen molar-refractivity contribution in [3.05, 3.63) is 89.7 Å². The Kier molecular flexibility index (Phi) is 6.21. The van der Waals surface area contributed by atoms with Gasteiger partial charge < -0.3 is 10.1 Å². The van der Waals surface area contributed by atoms with E-state index in [9.17, 15) is 4.79 Å². The number of carbonyl (C=O) groups excluding carboxylic acids is 1. The fourth-order valence-corrected chi connectivity index (χ4v) is 2.77. The van der Waals surface area contributed by atoms with Gasteiger partial charge in [0, 0.05) is 18.1 Å². The van der Waals surface area contributed by atoms with Gasteiger partial charge in [0.25, 0.3) is 5.91 Å². The second-order valence-corrected chi connectivity index (χ2v) is 6.55. The Morgan fingerprint density at radius 2 is 1.59 bits per heavy atom. The molecule has 0 unspecified atom stereocenters. The van der Waals surface area contributed by atoms with Crippen molar-refractivity contribution in [2.24, 2.45) is 0 Å². The molecule has 0 bridgehead atoms. The Balaban J connectivity index is 1.59. The van der Waals surface area contributed by atoms with E-state index in [0.717, 1.165) is 17.7 Å². The average molecular weight is 360 g/mol. The molecule has 1 heterocycles. The number of amides is 1. The first kappa shape index (κ1) is 18.6. The summed E-state index contributed by atoms with van der Waals surface area (Å²) in [6, 6.07) is 19.6. The summed E-state index contributed by atoms with van der Waals surface area (Å²) in [6.45, 7) is 3.96. The molecule has 0 aliphatic rings. The number of hydrogen-bond donors (Lipinski definition) is 1. The van der Waals surface area contributed by atoms with Crippen LogP contribution in [0.25, 0.3) is 0 Å². The molecule has 0 saturated carbocycles. The number of rotatable bonds is 7. The van der Waals surface area contributed by atoms with E-state index >= 15 is 0 Å². The van der Waals surface area contributed by atoms with Gasteiger partial charge in [-0.15, -0.1) is 0 Å². The first-order chi connectivity index (χ1) is 13.1. The van der Waals surface area contributed by atoms with Crippen LogP contribution in [0.2, 0.25) is 0 Å². The number of carbonyl (C=O) groups is 1. The summed E-state index contributed by atoms with van der Waals surface area (Å²) >= 11 is 0. The SMILES string of the molecule is CC[C@H](Oc1ccc(C)cc1)C(=O)Nc1ccc(Cc2ccncc2)cc1. The van der Waals surface area contributed by atoms with Crippen LogP contribution in [0.5, 0.6) is 5.75 Å². The lowest BCUT2D eigenvalue weighted by molar-refractivity contribution is -0.122. The van der Waals surface area contributed by atoms with Gasteiger partial charge in [0.1, 0.15) is 5.75 Å². The molecule has 4 nitrogen and oxygen atoms in total. The Labute approximate surface area is 160 Å². The van der Waals surface area contributed by atoms with E-state index in [-0.39, 0.29) is 5.91 Å². The van der Waals surface area contributed by atoms with E-state index in [1.807, 2.05) is 74.5 Å². The molecule has 4 heteroatoms. The number of ether oxygens (including phenoxy) is 1. The van der Waals surface area contributed by atoms with Crippen LogP contribution in [0.3, 0.4) is 0 Å². The molecule has 0 radical (unpaired) electrons. The lowest BCUT2D eigenvalue weighted by atomic mass is 10.1. The highest BCUT2D eigenvalue weighted by molar-refractivity contribution is 5.94. The fraction of sp³-hybridized carbons (Fsp3) is 0.217. The van der Waals surface area contributed by atoms with Gasteiger partial charge in [0.05, 0.1) is 0 Å². The van der Waals surface area contributed by atoms with Crippen LogP contribution in [-0.4, -0.2) is 17.0 Å². The number of nitrogens with zero attached hydrogens (tertiary/aromatic N) is 1. The van der Waals surface area contributed by atoms with Crippen molar-refractivity contribution in [1.29, 1.82) is 0 Å². The second-order valence-electron chi connectivity index (χ2n) is 6.55. The number of anilines is 1. The molecule has 1 amide bonds. The van der Waals surface area contributed by atoms with Gasteiger partial charge in [-0.05, 0) is 67.3 Å². The number of pyridine rings is 1. The van der Waals surface area contributed by atoms with Gasteiger partial charge in [0.15, 0.2) is 6.10 Å². The largest absolute Gasteiger partial charge is 0.481 e. The molecule has 3 aromatic rings. The molecule has 1 aromatic heterocycles. The predicted molar refractivity (Wildman–Crippen MR) is 108 cm³/mol. The first-order valence-corrected chi connectivity index (χ1v) is 9.16. The Hall–Kier alpha value is -3.14. The highest BCUT2D eigenvalue weighted by Gasteiger charge is 2.18. The molecular formula is C23H24N2O2. The van der Waals surface area contributed by atoms with Gasteiger partial charge in [-0.25, -0.2) is 0 Å². The molecule has 27 heavy (non-hydrogen) atoms. The van der Waals surface area contributed by atoms with Gasteiger partial charge in [-0.1, -0.05) is 36.8 Å². The summed E-state index contributed by atoms with van der Waals surface area (Å²) in [5.41, 5.74) is 4.32. The van der Waals surface area contributed by atoms with Crippen molar-refractivity contribution in [3.8, 4) is 5.75 Å². The molecule has 2 aromatic carbocycles. The average Bonchev–Trinajstić information content (AvgIpc) is 2.70. The number of aryl methyl sites for hydroxylation is 1. The van der Waals surface area contributed by atoms with E-state index in [4.69, 9.17) is 4.74 Å². The Morgan fingerprint density at radius 1 is 0.963 bits per heavy atom. The topological polar surface area (TPSA) is 51.2 Å². The molecule has 1 N–H and O–H groups in total. The first-order valence-electron chi connectivity index (χ1n) is 9.16. The van der Waals surface area contributed by atoms with Crippen molar-refractivity contribution in [2.75, 3.05) is 5.32 Å². The lowest BCUT2D eigenvalue weighted by Crippen LogP contribution is -2.32. The van der Waals surface area contributed by atoms with Crippen LogP contribution < -0.4 is 10.1 Å². The Bertz CT molecular complexity index is 859. The lowest BCUT2D eigenvalue weighted by Gasteiger charge is -2.17. The van der Waals surface area contributed by atoms with Crippen LogP contribution in [0, 0.1) is 6.92 Å². The third-order valence-electron chi connectivity index (χ3n) is 4.34. The number of aromatic nitrogens is 1. The normalized spacial score (nSPS) is 11.6. The third-order valence-corrected chi connectivity index (χ3v) is 4.34. The summed E-state index contributed by atoms with van der Waals surface area (Å²) in [6.07, 6.45) is 4.50. The minimum Gasteiger partial charge on any atom is -0.481 e. The molecule has 0 aliphatic carbocycles. The maximum Gasteiger partial charge on any atom is 0.265 e. The zero-order chi connectivity index (χ0) is 19.1. The predicted octanol–water partition coefficient (Wildman–Crippen LogP) is 4.78. The number of benzene rings is 2. The molecule has 3 rings (SSSR count). The minimum atomic E-state index is -0.524. The van der Waals surface area contributed by atoms with Crippen molar-refractivity contribution >= 4 is 11.6 Å². The molecule has 138 valence electrons. The highest BCUT2D eigenvalue weighted by atomic mass is 16.5. The smallest absolute Gasteiger partial charge is 0.265 e. The van der Waals surface area contributed by atoms with Crippen molar-refractivity contribution < 1.29 is 9.53 Å². The summed E-state index contributed by atoms with van der Waals surface area (Å²) < 4.78 is 5.84. The number of hydrogen-bond acceptors (Lipinski definition) is 3. The van der Waals surface area contributed by atoms with E-state index in [1.54, 1.807) is 12.4 Å². The monoisotopic (exact) mass is 360 g/mol. The molecule has 0 saturated heterocycles. The van der Waals surface area contributed by atoms with Crippen LogP contribution in [-0.2, 0) is 11.2 Å². The standard InChI is InChI=1S/C23H24N2O2/c1-3-22(27-21-10-4-17(2)5-11-21)23(26)25-20-8-6-18(7-9-20)16-19-12-14-24-15-13-19/h4-15,22H,3,16H2,1-2H3,(H,25,26)/t22-/m0/s1. The minimum absolute atomic E-state index is 0.139. The van der Waals surface area contributed by atoms with Crippen molar-refractivity contribution in [1.82, 2.24) is 4.98 Å². The summed E-state index contributed by atoms with van der Waals surface area (Å²) in [5, 5.41) is 2.94. The van der Waals surface area contributed by atoms with E-state index in [2.05, 4.69) is 10.3 Å². The maximum absolute atomic E-state index is 12.5. The molecular weight excluding hydrogens is 336 g/mol. The van der Waals surface area contributed by atoms with Gasteiger partial charge in [-0.3, -0.25) is 9.78 Å². The van der Waals surface area contributed by atoms with Crippen LogP contribution in [0.1, 0.15) is 30.0 Å². The molecule has 0 fully saturated rings. The van der Waals surface area contributed by atoms with E-state index in [0.29, 0.717) is 12.2 Å². The van der Waals surface area contributed by atoms with Crippen molar-refractivity contribution in [3.63, 3.8) is 0 Å². The summed E-state index contributed by atoms with van der Waals surface area (Å²) in [4.78, 5) is 16.6. The van der Waals surface area contributed by atoms with Crippen LogP contribution in [0.15, 0.2) is 73.1 Å². The summed E-state index contributed by atoms with van der Waals surface area (Å²) in [7, 11) is 0. The highest BCUT2D eigenvalue weighted by Crippen LogP contribution is 2.17. The number of nitrogens with one attached hydrogen (secondary N) is 1. The van der Waals surface area contributed by atoms with E-state index < -0.39 is 6.10 Å². The van der Waals surface area contributed by atoms with Gasteiger partial charge in [-0.2, -0.15) is 0 Å². The van der Waals surface area contributed by atoms with E-state index in [1.165, 1.54) is 11.1 Å². The zero-order valence-electron chi connectivity index (χ0n) is 15.7. The van der Waals surface area contributed by atoms with Crippen LogP contribution >= 0.6 is 0 Å².